The average molecular weight is 452 g/mol. The standard InChI is InChI=1S/C21H23F3N4O4/c22-21(23,24)16(7-8-25)27(12-2-3-12)10-11-1-4-13-14(9-11)20(32)28(19(13)31)15-5-6-17(29)26-18(15)30/h1,4,9,12,15-16H,2-3,5-8,10,25H2,(H,26,29,30). The van der Waals surface area contributed by atoms with Crippen molar-refractivity contribution < 1.29 is 32.3 Å². The summed E-state index contributed by atoms with van der Waals surface area (Å²) >= 11 is 0. The number of carbonyl (C=O) groups excluding carboxylic acids is 4. The Morgan fingerprint density at radius 1 is 1.09 bits per heavy atom. The number of halogens is 3. The molecule has 0 bridgehead atoms. The topological polar surface area (TPSA) is 113 Å². The van der Waals surface area contributed by atoms with Crippen molar-refractivity contribution in [3.63, 3.8) is 0 Å². The molecule has 2 fully saturated rings. The highest BCUT2D eigenvalue weighted by Gasteiger charge is 2.48. The quantitative estimate of drug-likeness (QED) is 0.604. The number of rotatable bonds is 7. The molecule has 2 aliphatic heterocycles. The van der Waals surface area contributed by atoms with Crippen molar-refractivity contribution in [3.8, 4) is 0 Å². The van der Waals surface area contributed by atoms with E-state index in [0.29, 0.717) is 18.4 Å². The van der Waals surface area contributed by atoms with Gasteiger partial charge >= 0.3 is 6.18 Å². The Kier molecular flexibility index (Phi) is 5.80. The highest BCUT2D eigenvalue weighted by atomic mass is 19.4. The summed E-state index contributed by atoms with van der Waals surface area (Å²) in [4.78, 5) is 51.5. The summed E-state index contributed by atoms with van der Waals surface area (Å²) in [5, 5.41) is 2.12. The third-order valence-electron chi connectivity index (χ3n) is 6.10. The fourth-order valence-electron chi connectivity index (χ4n) is 4.40. The molecular weight excluding hydrogens is 429 g/mol. The lowest BCUT2D eigenvalue weighted by Gasteiger charge is -2.33. The van der Waals surface area contributed by atoms with E-state index in [9.17, 15) is 32.3 Å². The minimum atomic E-state index is -4.44. The zero-order chi connectivity index (χ0) is 23.2. The lowest BCUT2D eigenvalue weighted by molar-refractivity contribution is -0.188. The van der Waals surface area contributed by atoms with Crippen LogP contribution in [0.25, 0.3) is 0 Å². The molecule has 1 aromatic carbocycles. The number of alkyl halides is 3. The van der Waals surface area contributed by atoms with E-state index in [4.69, 9.17) is 5.73 Å². The number of imide groups is 2. The molecule has 11 heteroatoms. The molecule has 172 valence electrons. The van der Waals surface area contributed by atoms with Gasteiger partial charge in [0.1, 0.15) is 12.1 Å². The van der Waals surface area contributed by atoms with Crippen molar-refractivity contribution in [2.45, 2.75) is 63.0 Å². The molecule has 1 aromatic rings. The molecule has 2 unspecified atom stereocenters. The number of nitrogens with zero attached hydrogens (tertiary/aromatic N) is 2. The molecule has 3 aliphatic rings. The second-order valence-corrected chi connectivity index (χ2v) is 8.37. The Balaban J connectivity index is 1.58. The lowest BCUT2D eigenvalue weighted by Crippen LogP contribution is -2.54. The third-order valence-corrected chi connectivity index (χ3v) is 6.10. The van der Waals surface area contributed by atoms with E-state index >= 15 is 0 Å². The first kappa shape index (κ1) is 22.4. The van der Waals surface area contributed by atoms with Crippen LogP contribution in [0, 0.1) is 0 Å². The fraction of sp³-hybridized carbons (Fsp3) is 0.524. The van der Waals surface area contributed by atoms with Crippen molar-refractivity contribution in [3.05, 3.63) is 34.9 Å². The summed E-state index contributed by atoms with van der Waals surface area (Å²) in [5.74, 6) is -2.53. The first-order chi connectivity index (χ1) is 15.1. The Labute approximate surface area is 181 Å². The van der Waals surface area contributed by atoms with Crippen LogP contribution in [0.2, 0.25) is 0 Å². The van der Waals surface area contributed by atoms with Gasteiger partial charge in [0.25, 0.3) is 11.8 Å². The third kappa shape index (κ3) is 4.14. The maximum absolute atomic E-state index is 13.6. The van der Waals surface area contributed by atoms with E-state index in [1.165, 1.54) is 23.1 Å². The molecule has 2 heterocycles. The van der Waals surface area contributed by atoms with E-state index in [1.807, 2.05) is 0 Å². The van der Waals surface area contributed by atoms with Crippen LogP contribution in [0.1, 0.15) is 58.4 Å². The zero-order valence-electron chi connectivity index (χ0n) is 17.2. The molecule has 4 rings (SSSR count). The van der Waals surface area contributed by atoms with Gasteiger partial charge < -0.3 is 5.73 Å². The van der Waals surface area contributed by atoms with Gasteiger partial charge in [-0.05, 0) is 49.9 Å². The summed E-state index contributed by atoms with van der Waals surface area (Å²) in [5.41, 5.74) is 6.03. The van der Waals surface area contributed by atoms with E-state index < -0.39 is 41.9 Å². The van der Waals surface area contributed by atoms with Gasteiger partial charge in [-0.2, -0.15) is 13.2 Å². The number of hydrogen-bond donors (Lipinski definition) is 2. The van der Waals surface area contributed by atoms with Crippen LogP contribution in [-0.4, -0.2) is 64.3 Å². The number of amides is 4. The number of nitrogens with two attached hydrogens (primary N) is 1. The van der Waals surface area contributed by atoms with Gasteiger partial charge in [0.05, 0.1) is 11.1 Å². The van der Waals surface area contributed by atoms with Crippen LogP contribution >= 0.6 is 0 Å². The molecule has 4 amide bonds. The van der Waals surface area contributed by atoms with E-state index in [-0.39, 0.29) is 49.5 Å². The first-order valence-corrected chi connectivity index (χ1v) is 10.5. The highest BCUT2D eigenvalue weighted by molar-refractivity contribution is 6.23. The Hall–Kier alpha value is -2.79. The van der Waals surface area contributed by atoms with Gasteiger partial charge in [0, 0.05) is 19.0 Å². The van der Waals surface area contributed by atoms with Gasteiger partial charge in [-0.25, -0.2) is 0 Å². The van der Waals surface area contributed by atoms with Crippen LogP contribution in [0.3, 0.4) is 0 Å². The Morgan fingerprint density at radius 2 is 1.78 bits per heavy atom. The van der Waals surface area contributed by atoms with E-state index in [2.05, 4.69) is 5.32 Å². The van der Waals surface area contributed by atoms with Crippen molar-refractivity contribution in [1.82, 2.24) is 15.1 Å². The number of hydrogen-bond acceptors (Lipinski definition) is 6. The van der Waals surface area contributed by atoms with Crippen LogP contribution in [-0.2, 0) is 16.1 Å². The van der Waals surface area contributed by atoms with Crippen molar-refractivity contribution in [2.24, 2.45) is 5.73 Å². The zero-order valence-corrected chi connectivity index (χ0v) is 17.2. The van der Waals surface area contributed by atoms with Crippen molar-refractivity contribution in [2.75, 3.05) is 6.54 Å². The molecule has 2 atom stereocenters. The van der Waals surface area contributed by atoms with Gasteiger partial charge in [0.2, 0.25) is 11.8 Å². The Morgan fingerprint density at radius 3 is 2.38 bits per heavy atom. The predicted octanol–water partition coefficient (Wildman–Crippen LogP) is 1.33. The molecule has 0 radical (unpaired) electrons. The normalized spacial score (nSPS) is 22.4. The molecule has 1 saturated carbocycles. The second kappa shape index (κ2) is 8.28. The monoisotopic (exact) mass is 452 g/mol. The summed E-state index contributed by atoms with van der Waals surface area (Å²) in [6.07, 6.45) is -3.32. The summed E-state index contributed by atoms with van der Waals surface area (Å²) in [6, 6.07) is 1.37. The maximum atomic E-state index is 13.6. The fourth-order valence-corrected chi connectivity index (χ4v) is 4.40. The summed E-state index contributed by atoms with van der Waals surface area (Å²) < 4.78 is 40.9. The Bertz CT molecular complexity index is 976. The molecular formula is C21H23F3N4O4. The number of piperidine rings is 1. The van der Waals surface area contributed by atoms with E-state index in [1.54, 1.807) is 0 Å². The number of benzene rings is 1. The summed E-state index contributed by atoms with van der Waals surface area (Å²) in [6.45, 7) is -0.145. The van der Waals surface area contributed by atoms with E-state index in [0.717, 1.165) is 4.90 Å². The predicted molar refractivity (Wildman–Crippen MR) is 105 cm³/mol. The molecule has 3 N–H and O–H groups in total. The van der Waals surface area contributed by atoms with Crippen molar-refractivity contribution in [1.29, 1.82) is 0 Å². The van der Waals surface area contributed by atoms with Crippen LogP contribution in [0.5, 0.6) is 0 Å². The van der Waals surface area contributed by atoms with Gasteiger partial charge in [0.15, 0.2) is 0 Å². The molecule has 1 saturated heterocycles. The minimum absolute atomic E-state index is 0.00534. The minimum Gasteiger partial charge on any atom is -0.330 e. The van der Waals surface area contributed by atoms with Crippen LogP contribution in [0.15, 0.2) is 18.2 Å². The second-order valence-electron chi connectivity index (χ2n) is 8.37. The number of fused-ring (bicyclic) bond motifs is 1. The first-order valence-electron chi connectivity index (χ1n) is 10.5. The maximum Gasteiger partial charge on any atom is 0.404 e. The number of carbonyl (C=O) groups is 4. The number of nitrogens with one attached hydrogen (secondary N) is 1. The van der Waals surface area contributed by atoms with Crippen LogP contribution < -0.4 is 11.1 Å². The van der Waals surface area contributed by atoms with Crippen LogP contribution in [0.4, 0.5) is 13.2 Å². The average Bonchev–Trinajstić information content (AvgIpc) is 3.53. The van der Waals surface area contributed by atoms with Gasteiger partial charge in [-0.1, -0.05) is 6.07 Å². The lowest BCUT2D eigenvalue weighted by atomic mass is 10.0. The molecule has 32 heavy (non-hydrogen) atoms. The summed E-state index contributed by atoms with van der Waals surface area (Å²) in [7, 11) is 0. The molecule has 8 nitrogen and oxygen atoms in total. The highest BCUT2D eigenvalue weighted by Crippen LogP contribution is 2.37. The molecule has 0 spiro atoms. The molecule has 1 aliphatic carbocycles. The SMILES string of the molecule is NCCC(N(Cc1ccc2c(c1)C(=O)N(C1CCC(=O)NC1=O)C2=O)C1CC1)C(F)(F)F. The smallest absolute Gasteiger partial charge is 0.330 e. The van der Waals surface area contributed by atoms with Gasteiger partial charge in [-0.3, -0.25) is 34.3 Å². The van der Waals surface area contributed by atoms with Crippen molar-refractivity contribution >= 4 is 23.6 Å². The largest absolute Gasteiger partial charge is 0.404 e. The molecule has 0 aromatic heterocycles. The van der Waals surface area contributed by atoms with Gasteiger partial charge in [-0.15, -0.1) is 0 Å².